The number of likely N-dealkylation sites (tertiary alicyclic amines) is 1. The Morgan fingerprint density at radius 2 is 1.77 bits per heavy atom. The predicted octanol–water partition coefficient (Wildman–Crippen LogP) is 3.23. The Morgan fingerprint density at radius 3 is 2.52 bits per heavy atom. The minimum Gasteiger partial charge on any atom is -0.497 e. The van der Waals surface area contributed by atoms with E-state index >= 15 is 0 Å². The topological polar surface area (TPSA) is 84.4 Å². The van der Waals surface area contributed by atoms with E-state index in [9.17, 15) is 14.4 Å². The van der Waals surface area contributed by atoms with E-state index in [1.165, 1.54) is 4.68 Å². The molecule has 0 saturated carbocycles. The van der Waals surface area contributed by atoms with E-state index in [-0.39, 0.29) is 36.0 Å². The zero-order valence-corrected chi connectivity index (χ0v) is 17.7. The second-order valence-corrected chi connectivity index (χ2v) is 7.92. The predicted molar refractivity (Wildman–Crippen MR) is 119 cm³/mol. The molecule has 1 atom stereocenters. The summed E-state index contributed by atoms with van der Waals surface area (Å²) in [7, 11) is 1.63. The van der Waals surface area contributed by atoms with E-state index in [2.05, 4.69) is 5.10 Å². The van der Waals surface area contributed by atoms with Crippen molar-refractivity contribution in [2.45, 2.75) is 44.7 Å². The first kappa shape index (κ1) is 20.9. The average Bonchev–Trinajstić information content (AvgIpc) is 3.06. The van der Waals surface area contributed by atoms with Gasteiger partial charge in [0.05, 0.1) is 30.5 Å². The van der Waals surface area contributed by atoms with Crippen molar-refractivity contribution < 1.29 is 9.53 Å². The van der Waals surface area contributed by atoms with E-state index in [0.717, 1.165) is 37.0 Å². The SMILES string of the molecule is COc1ccc([C@H]2CCCCCN2C(=O)CCn2[nH]c(=O)c3ccccc3c2=O)cc1. The van der Waals surface area contributed by atoms with E-state index in [4.69, 9.17) is 4.74 Å². The maximum atomic E-state index is 13.2. The molecule has 2 aromatic carbocycles. The lowest BCUT2D eigenvalue weighted by Gasteiger charge is -2.31. The number of aromatic amines is 1. The van der Waals surface area contributed by atoms with Gasteiger partial charge in [-0.25, -0.2) is 4.68 Å². The fourth-order valence-electron chi connectivity index (χ4n) is 4.33. The van der Waals surface area contributed by atoms with Gasteiger partial charge in [-0.3, -0.25) is 19.5 Å². The lowest BCUT2D eigenvalue weighted by Crippen LogP contribution is -2.37. The number of amides is 1. The number of aromatic nitrogens is 2. The molecule has 1 saturated heterocycles. The minimum absolute atomic E-state index is 0.00767. The van der Waals surface area contributed by atoms with Crippen molar-refractivity contribution in [2.75, 3.05) is 13.7 Å². The molecule has 7 nitrogen and oxygen atoms in total. The Labute approximate surface area is 180 Å². The minimum atomic E-state index is -0.325. The lowest BCUT2D eigenvalue weighted by atomic mass is 10.0. The van der Waals surface area contributed by atoms with Crippen molar-refractivity contribution in [3.63, 3.8) is 0 Å². The second-order valence-electron chi connectivity index (χ2n) is 7.92. The fourth-order valence-corrected chi connectivity index (χ4v) is 4.33. The molecule has 0 aliphatic carbocycles. The van der Waals surface area contributed by atoms with Crippen molar-refractivity contribution in [1.82, 2.24) is 14.7 Å². The second kappa shape index (κ2) is 9.20. The first-order valence-electron chi connectivity index (χ1n) is 10.7. The molecule has 2 heterocycles. The summed E-state index contributed by atoms with van der Waals surface area (Å²) in [6.07, 6.45) is 4.18. The van der Waals surface area contributed by atoms with Crippen LogP contribution in [0.25, 0.3) is 10.8 Å². The Morgan fingerprint density at radius 1 is 1.03 bits per heavy atom. The molecule has 162 valence electrons. The Balaban J connectivity index is 1.54. The summed E-state index contributed by atoms with van der Waals surface area (Å²) in [5.41, 5.74) is 0.478. The highest BCUT2D eigenvalue weighted by Crippen LogP contribution is 2.31. The van der Waals surface area contributed by atoms with Crippen molar-refractivity contribution in [2.24, 2.45) is 0 Å². The van der Waals surface area contributed by atoms with Crippen LogP contribution in [0.2, 0.25) is 0 Å². The molecule has 31 heavy (non-hydrogen) atoms. The molecule has 1 aliphatic heterocycles. The van der Waals surface area contributed by atoms with Crippen LogP contribution in [0.4, 0.5) is 0 Å². The Bertz CT molecular complexity index is 1180. The van der Waals surface area contributed by atoms with E-state index in [1.54, 1.807) is 31.4 Å². The highest BCUT2D eigenvalue weighted by Gasteiger charge is 2.26. The van der Waals surface area contributed by atoms with Gasteiger partial charge in [0.2, 0.25) is 5.91 Å². The average molecular weight is 421 g/mol. The highest BCUT2D eigenvalue weighted by molar-refractivity contribution is 5.80. The van der Waals surface area contributed by atoms with Gasteiger partial charge in [0.1, 0.15) is 5.75 Å². The number of nitrogens with one attached hydrogen (secondary N) is 1. The van der Waals surface area contributed by atoms with Gasteiger partial charge in [0.15, 0.2) is 0 Å². The molecule has 7 heteroatoms. The number of H-pyrrole nitrogens is 1. The largest absolute Gasteiger partial charge is 0.497 e. The molecule has 0 spiro atoms. The maximum Gasteiger partial charge on any atom is 0.273 e. The van der Waals surface area contributed by atoms with Gasteiger partial charge in [-0.05, 0) is 42.7 Å². The number of nitrogens with zero attached hydrogens (tertiary/aromatic N) is 2. The number of carbonyl (C=O) groups excluding carboxylic acids is 1. The summed E-state index contributed by atoms with van der Waals surface area (Å²) in [5, 5.41) is 3.34. The van der Waals surface area contributed by atoms with Crippen molar-refractivity contribution in [3.05, 3.63) is 74.8 Å². The molecule has 1 amide bonds. The van der Waals surface area contributed by atoms with Crippen molar-refractivity contribution in [1.29, 1.82) is 0 Å². The maximum absolute atomic E-state index is 13.2. The number of ether oxygens (including phenoxy) is 1. The molecule has 0 unspecified atom stereocenters. The lowest BCUT2D eigenvalue weighted by molar-refractivity contribution is -0.134. The van der Waals surface area contributed by atoms with Crippen LogP contribution in [0.1, 0.15) is 43.7 Å². The van der Waals surface area contributed by atoms with Crippen LogP contribution < -0.4 is 15.9 Å². The molecule has 1 N–H and O–H groups in total. The normalized spacial score (nSPS) is 16.8. The van der Waals surface area contributed by atoms with Gasteiger partial charge in [-0.2, -0.15) is 0 Å². The number of fused-ring (bicyclic) bond motifs is 1. The third-order valence-corrected chi connectivity index (χ3v) is 6.01. The molecule has 0 radical (unpaired) electrons. The number of rotatable bonds is 5. The number of benzene rings is 2. The standard InChI is InChI=1S/C24H27N3O4/c1-31-18-12-10-17(11-13-18)21-9-3-2-6-15-26(21)22(28)14-16-27-24(30)20-8-5-4-7-19(20)23(29)25-27/h4-5,7-8,10-13,21H,2-3,6,9,14-16H2,1H3,(H,25,29)/t21-/m1/s1. The van der Waals surface area contributed by atoms with Gasteiger partial charge in [0.25, 0.3) is 11.1 Å². The zero-order chi connectivity index (χ0) is 21.8. The van der Waals surface area contributed by atoms with Crippen LogP contribution in [-0.4, -0.2) is 34.2 Å². The first-order valence-corrected chi connectivity index (χ1v) is 10.7. The first-order chi connectivity index (χ1) is 15.1. The molecule has 1 aliphatic rings. The van der Waals surface area contributed by atoms with Crippen LogP contribution in [0.3, 0.4) is 0 Å². The zero-order valence-electron chi connectivity index (χ0n) is 17.7. The van der Waals surface area contributed by atoms with E-state index in [1.807, 2.05) is 29.2 Å². The molecule has 1 aromatic heterocycles. The summed E-state index contributed by atoms with van der Waals surface area (Å²) in [4.78, 5) is 40.2. The highest BCUT2D eigenvalue weighted by atomic mass is 16.5. The van der Waals surface area contributed by atoms with Gasteiger partial charge in [-0.15, -0.1) is 0 Å². The van der Waals surface area contributed by atoms with Crippen LogP contribution in [-0.2, 0) is 11.3 Å². The number of aryl methyl sites for hydroxylation is 1. The van der Waals surface area contributed by atoms with Crippen LogP contribution in [0.5, 0.6) is 5.75 Å². The Kier molecular flexibility index (Phi) is 6.21. The third kappa shape index (κ3) is 4.40. The van der Waals surface area contributed by atoms with Gasteiger partial charge >= 0.3 is 0 Å². The number of hydrogen-bond acceptors (Lipinski definition) is 4. The summed E-state index contributed by atoms with van der Waals surface area (Å²) < 4.78 is 6.51. The summed E-state index contributed by atoms with van der Waals surface area (Å²) in [5.74, 6) is 0.776. The summed E-state index contributed by atoms with van der Waals surface area (Å²) >= 11 is 0. The number of methoxy groups -OCH3 is 1. The molecule has 3 aromatic rings. The number of hydrogen-bond donors (Lipinski definition) is 1. The molecule has 0 bridgehead atoms. The van der Waals surface area contributed by atoms with Crippen LogP contribution >= 0.6 is 0 Å². The molecule has 1 fully saturated rings. The summed E-state index contributed by atoms with van der Waals surface area (Å²) in [6.45, 7) is 0.836. The van der Waals surface area contributed by atoms with E-state index < -0.39 is 0 Å². The third-order valence-electron chi connectivity index (χ3n) is 6.01. The molecular formula is C24H27N3O4. The Hall–Kier alpha value is -3.35. The smallest absolute Gasteiger partial charge is 0.273 e. The monoisotopic (exact) mass is 421 g/mol. The van der Waals surface area contributed by atoms with Gasteiger partial charge in [0, 0.05) is 13.0 Å². The molecular weight excluding hydrogens is 394 g/mol. The van der Waals surface area contributed by atoms with E-state index in [0.29, 0.717) is 17.3 Å². The van der Waals surface area contributed by atoms with Crippen molar-refractivity contribution >= 4 is 16.7 Å². The quantitative estimate of drug-likeness (QED) is 0.686. The fraction of sp³-hybridized carbons (Fsp3) is 0.375. The summed E-state index contributed by atoms with van der Waals surface area (Å²) in [6, 6.07) is 14.6. The molecule has 4 rings (SSSR count). The number of carbonyl (C=O) groups is 1. The van der Waals surface area contributed by atoms with Crippen LogP contribution in [0.15, 0.2) is 58.1 Å². The van der Waals surface area contributed by atoms with Gasteiger partial charge in [-0.1, -0.05) is 37.1 Å². The van der Waals surface area contributed by atoms with Crippen LogP contribution in [0, 0.1) is 0 Å². The van der Waals surface area contributed by atoms with Crippen molar-refractivity contribution in [3.8, 4) is 5.75 Å². The van der Waals surface area contributed by atoms with Gasteiger partial charge < -0.3 is 9.64 Å².